The molecule has 0 aromatic heterocycles. The fourth-order valence-electron chi connectivity index (χ4n) is 3.25. The summed E-state index contributed by atoms with van der Waals surface area (Å²) in [5.74, 6) is -1.27. The van der Waals surface area contributed by atoms with Crippen LogP contribution in [0.2, 0.25) is 5.02 Å². The second kappa shape index (κ2) is 8.52. The van der Waals surface area contributed by atoms with Crippen LogP contribution in [-0.2, 0) is 9.53 Å². The fraction of sp³-hybridized carbons (Fsp3) is 0.333. The zero-order valence-electron chi connectivity index (χ0n) is 15.9. The van der Waals surface area contributed by atoms with Gasteiger partial charge in [0, 0.05) is 36.9 Å². The van der Waals surface area contributed by atoms with Gasteiger partial charge in [0.1, 0.15) is 11.3 Å². The molecule has 0 unspecified atom stereocenters. The molecule has 1 heterocycles. The van der Waals surface area contributed by atoms with Gasteiger partial charge in [-0.25, -0.2) is 4.79 Å². The Balaban J connectivity index is 1.52. The minimum absolute atomic E-state index is 0.0167. The molecule has 7 heteroatoms. The minimum atomic E-state index is -0.753. The number of benzene rings is 2. The van der Waals surface area contributed by atoms with Gasteiger partial charge in [0.2, 0.25) is 0 Å². The first kappa shape index (κ1) is 20.0. The molecular formula is C21H23ClN2O4. The number of carbonyl (C=O) groups is 2. The molecule has 148 valence electrons. The maximum absolute atomic E-state index is 12.4. The number of piperazine rings is 1. The Bertz CT molecular complexity index is 892. The van der Waals surface area contributed by atoms with Crippen LogP contribution in [0.3, 0.4) is 0 Å². The molecule has 1 amide bonds. The number of amides is 1. The average molecular weight is 403 g/mol. The van der Waals surface area contributed by atoms with E-state index < -0.39 is 5.97 Å². The quantitative estimate of drug-likeness (QED) is 0.795. The van der Waals surface area contributed by atoms with Crippen LogP contribution in [0.5, 0.6) is 5.75 Å². The largest absolute Gasteiger partial charge is 0.507 e. The molecule has 2 aromatic carbocycles. The lowest BCUT2D eigenvalue weighted by molar-refractivity contribution is -0.134. The molecule has 0 atom stereocenters. The molecule has 1 aliphatic rings. The van der Waals surface area contributed by atoms with Gasteiger partial charge in [0.15, 0.2) is 6.61 Å². The summed E-state index contributed by atoms with van der Waals surface area (Å²) in [5.41, 5.74) is 3.67. The molecule has 0 saturated carbocycles. The third-order valence-electron chi connectivity index (χ3n) is 5.06. The molecule has 1 fully saturated rings. The number of anilines is 1. The summed E-state index contributed by atoms with van der Waals surface area (Å²) in [6, 6.07) is 10.3. The highest BCUT2D eigenvalue weighted by molar-refractivity contribution is 6.30. The maximum Gasteiger partial charge on any atom is 0.342 e. The summed E-state index contributed by atoms with van der Waals surface area (Å²) in [6.45, 7) is 6.42. The fourth-order valence-corrected chi connectivity index (χ4v) is 3.42. The van der Waals surface area contributed by atoms with Crippen LogP contribution in [0, 0.1) is 13.8 Å². The van der Waals surface area contributed by atoms with Crippen LogP contribution in [0.4, 0.5) is 5.69 Å². The highest BCUT2D eigenvalue weighted by Crippen LogP contribution is 2.24. The second-order valence-corrected chi connectivity index (χ2v) is 7.26. The van der Waals surface area contributed by atoms with Crippen LogP contribution >= 0.6 is 11.6 Å². The van der Waals surface area contributed by atoms with E-state index in [4.69, 9.17) is 16.3 Å². The highest BCUT2D eigenvalue weighted by Gasteiger charge is 2.23. The number of hydrogen-bond acceptors (Lipinski definition) is 5. The zero-order chi connectivity index (χ0) is 20.3. The number of hydrogen-bond donors (Lipinski definition) is 1. The van der Waals surface area contributed by atoms with Gasteiger partial charge in [0.05, 0.1) is 0 Å². The van der Waals surface area contributed by atoms with Crippen molar-refractivity contribution in [3.8, 4) is 5.75 Å². The predicted octanol–water partition coefficient (Wildman–Crippen LogP) is 3.17. The molecule has 0 spiro atoms. The lowest BCUT2D eigenvalue weighted by Gasteiger charge is -2.37. The SMILES string of the molecule is Cc1cccc(N2CCN(C(=O)COC(=O)c3ccc(Cl)cc3O)CC2)c1C. The summed E-state index contributed by atoms with van der Waals surface area (Å²) in [7, 11) is 0. The van der Waals surface area contributed by atoms with Gasteiger partial charge in [-0.05, 0) is 49.2 Å². The molecule has 1 saturated heterocycles. The van der Waals surface area contributed by atoms with Crippen LogP contribution in [-0.4, -0.2) is 54.7 Å². The molecule has 3 rings (SSSR count). The number of carbonyl (C=O) groups excluding carboxylic acids is 2. The van der Waals surface area contributed by atoms with Crippen molar-refractivity contribution in [2.75, 3.05) is 37.7 Å². The van der Waals surface area contributed by atoms with Gasteiger partial charge >= 0.3 is 5.97 Å². The molecule has 0 radical (unpaired) electrons. The number of rotatable bonds is 4. The number of ether oxygens (including phenoxy) is 1. The number of halogens is 1. The van der Waals surface area contributed by atoms with Gasteiger partial charge in [-0.2, -0.15) is 0 Å². The molecular weight excluding hydrogens is 380 g/mol. The Hall–Kier alpha value is -2.73. The highest BCUT2D eigenvalue weighted by atomic mass is 35.5. The number of aromatic hydroxyl groups is 1. The molecule has 1 N–H and O–H groups in total. The number of nitrogens with zero attached hydrogens (tertiary/aromatic N) is 2. The van der Waals surface area contributed by atoms with E-state index >= 15 is 0 Å². The van der Waals surface area contributed by atoms with E-state index in [1.54, 1.807) is 4.90 Å². The number of aryl methyl sites for hydroxylation is 1. The molecule has 0 aliphatic carbocycles. The van der Waals surface area contributed by atoms with Crippen molar-refractivity contribution in [1.82, 2.24) is 4.90 Å². The van der Waals surface area contributed by atoms with Crippen molar-refractivity contribution < 1.29 is 19.4 Å². The van der Waals surface area contributed by atoms with E-state index in [-0.39, 0.29) is 23.8 Å². The summed E-state index contributed by atoms with van der Waals surface area (Å²) >= 11 is 5.75. The van der Waals surface area contributed by atoms with Gasteiger partial charge in [-0.1, -0.05) is 23.7 Å². The van der Waals surface area contributed by atoms with Crippen molar-refractivity contribution in [2.45, 2.75) is 13.8 Å². The normalized spacial score (nSPS) is 14.1. The van der Waals surface area contributed by atoms with Crippen molar-refractivity contribution in [2.24, 2.45) is 0 Å². The standard InChI is InChI=1S/C21H23ClN2O4/c1-14-4-3-5-18(15(14)2)23-8-10-24(11-9-23)20(26)13-28-21(27)17-7-6-16(22)12-19(17)25/h3-7,12,25H,8-11,13H2,1-2H3. The first-order valence-electron chi connectivity index (χ1n) is 9.11. The van der Waals surface area contributed by atoms with Gasteiger partial charge in [-0.3, -0.25) is 4.79 Å². The predicted molar refractivity (Wildman–Crippen MR) is 108 cm³/mol. The topological polar surface area (TPSA) is 70.1 Å². The first-order valence-corrected chi connectivity index (χ1v) is 9.49. The Morgan fingerprint density at radius 1 is 1.11 bits per heavy atom. The zero-order valence-corrected chi connectivity index (χ0v) is 16.7. The molecule has 1 aliphatic heterocycles. The summed E-state index contributed by atoms with van der Waals surface area (Å²) < 4.78 is 5.06. The Morgan fingerprint density at radius 2 is 1.82 bits per heavy atom. The van der Waals surface area contributed by atoms with Crippen molar-refractivity contribution in [1.29, 1.82) is 0 Å². The lowest BCUT2D eigenvalue weighted by Crippen LogP contribution is -2.50. The van der Waals surface area contributed by atoms with Gasteiger partial charge in [-0.15, -0.1) is 0 Å². The van der Waals surface area contributed by atoms with E-state index in [1.165, 1.54) is 35.0 Å². The number of esters is 1. The third-order valence-corrected chi connectivity index (χ3v) is 5.29. The van der Waals surface area contributed by atoms with E-state index in [0.29, 0.717) is 18.1 Å². The summed E-state index contributed by atoms with van der Waals surface area (Å²) in [6.07, 6.45) is 0. The Morgan fingerprint density at radius 3 is 2.50 bits per heavy atom. The van der Waals surface area contributed by atoms with Crippen LogP contribution in [0.25, 0.3) is 0 Å². The molecule has 28 heavy (non-hydrogen) atoms. The van der Waals surface area contributed by atoms with Crippen molar-refractivity contribution in [3.05, 3.63) is 58.1 Å². The number of phenols is 1. The van der Waals surface area contributed by atoms with Crippen LogP contribution in [0.1, 0.15) is 21.5 Å². The summed E-state index contributed by atoms with van der Waals surface area (Å²) in [4.78, 5) is 28.4. The summed E-state index contributed by atoms with van der Waals surface area (Å²) in [5, 5.41) is 10.1. The number of phenolic OH excluding ortho intramolecular Hbond substituents is 1. The van der Waals surface area contributed by atoms with E-state index in [2.05, 4.69) is 30.9 Å². The molecule has 2 aromatic rings. The average Bonchev–Trinajstić information content (AvgIpc) is 2.68. The minimum Gasteiger partial charge on any atom is -0.507 e. The van der Waals surface area contributed by atoms with E-state index in [1.807, 2.05) is 6.07 Å². The van der Waals surface area contributed by atoms with Crippen molar-refractivity contribution >= 4 is 29.2 Å². The third kappa shape index (κ3) is 4.39. The first-order chi connectivity index (χ1) is 13.4. The van der Waals surface area contributed by atoms with Gasteiger partial charge in [0.25, 0.3) is 5.91 Å². The second-order valence-electron chi connectivity index (χ2n) is 6.82. The lowest BCUT2D eigenvalue weighted by atomic mass is 10.1. The molecule has 6 nitrogen and oxygen atoms in total. The Kier molecular flexibility index (Phi) is 6.09. The molecule has 0 bridgehead atoms. The Labute approximate surface area is 169 Å². The van der Waals surface area contributed by atoms with Crippen molar-refractivity contribution in [3.63, 3.8) is 0 Å². The smallest absolute Gasteiger partial charge is 0.342 e. The van der Waals surface area contributed by atoms with Crippen LogP contribution < -0.4 is 4.90 Å². The van der Waals surface area contributed by atoms with Crippen LogP contribution in [0.15, 0.2) is 36.4 Å². The van der Waals surface area contributed by atoms with E-state index in [0.717, 1.165) is 13.1 Å². The van der Waals surface area contributed by atoms with E-state index in [9.17, 15) is 14.7 Å². The monoisotopic (exact) mass is 402 g/mol. The maximum atomic E-state index is 12.4. The van der Waals surface area contributed by atoms with Gasteiger partial charge < -0.3 is 19.6 Å².